The summed E-state index contributed by atoms with van der Waals surface area (Å²) in [6, 6.07) is 6.22. The average molecular weight is 363 g/mol. The molecule has 0 bridgehead atoms. The van der Waals surface area contributed by atoms with E-state index in [0.29, 0.717) is 12.4 Å². The topological polar surface area (TPSA) is 116 Å². The first-order chi connectivity index (χ1) is 12.7. The number of hydrogen-bond donors (Lipinski definition) is 4. The molecule has 0 aliphatic carbocycles. The van der Waals surface area contributed by atoms with Gasteiger partial charge in [-0.25, -0.2) is 5.90 Å². The second-order valence-corrected chi connectivity index (χ2v) is 6.72. The Labute approximate surface area is 154 Å². The number of unbranched alkanes of at least 4 members (excludes halogenated alkanes) is 1. The van der Waals surface area contributed by atoms with Crippen molar-refractivity contribution in [1.82, 2.24) is 10.8 Å². The van der Waals surface area contributed by atoms with Crippen molar-refractivity contribution in [3.05, 3.63) is 29.3 Å². The second-order valence-electron chi connectivity index (χ2n) is 6.72. The van der Waals surface area contributed by atoms with Crippen LogP contribution in [0.1, 0.15) is 37.3 Å². The van der Waals surface area contributed by atoms with Crippen molar-refractivity contribution in [2.45, 2.75) is 51.0 Å². The summed E-state index contributed by atoms with van der Waals surface area (Å²) in [6.07, 6.45) is 2.93. The third-order valence-electron chi connectivity index (χ3n) is 4.70. The highest BCUT2D eigenvalue weighted by atomic mass is 16.7. The number of amidine groups is 1. The van der Waals surface area contributed by atoms with Gasteiger partial charge in [0.2, 0.25) is 0 Å². The highest BCUT2D eigenvalue weighted by Gasteiger charge is 2.29. The molecule has 2 heterocycles. The lowest BCUT2D eigenvalue weighted by molar-refractivity contribution is -0.137. The normalized spacial score (nSPS) is 21.6. The molecule has 8 nitrogen and oxygen atoms in total. The number of aryl methyl sites for hydroxylation is 1. The third-order valence-corrected chi connectivity index (χ3v) is 4.70. The van der Waals surface area contributed by atoms with Gasteiger partial charge in [0.1, 0.15) is 17.7 Å². The van der Waals surface area contributed by atoms with Gasteiger partial charge in [-0.3, -0.25) is 14.7 Å². The molecular weight excluding hydrogens is 334 g/mol. The Morgan fingerprint density at radius 3 is 3.00 bits per heavy atom. The minimum Gasteiger partial charge on any atom is -0.486 e. The number of benzene rings is 1. The van der Waals surface area contributed by atoms with Crippen LogP contribution in [0.4, 0.5) is 0 Å². The van der Waals surface area contributed by atoms with Crippen LogP contribution >= 0.6 is 0 Å². The number of nitrogens with zero attached hydrogens (tertiary/aromatic N) is 1. The van der Waals surface area contributed by atoms with Crippen LogP contribution in [-0.4, -0.2) is 43.9 Å². The van der Waals surface area contributed by atoms with Gasteiger partial charge < -0.3 is 15.8 Å². The molecule has 0 radical (unpaired) electrons. The predicted octanol–water partition coefficient (Wildman–Crippen LogP) is 0.595. The van der Waals surface area contributed by atoms with Gasteiger partial charge in [-0.15, -0.1) is 0 Å². The standard InChI is InChI=1S/C18H29N5O3/c1-2-3-8-24-23-18(26-20)16-7-4-12-9-13(5-6-15(12)25-16)17(19)22-14-10-21-11-14/h5-6,9,14,16,18,21,23H,2-4,7-8,10-11,20H2,1H3,(H2,19,22). The van der Waals surface area contributed by atoms with Crippen molar-refractivity contribution in [3.63, 3.8) is 0 Å². The monoisotopic (exact) mass is 363 g/mol. The van der Waals surface area contributed by atoms with Gasteiger partial charge in [0.05, 0.1) is 12.6 Å². The summed E-state index contributed by atoms with van der Waals surface area (Å²) in [7, 11) is 0. The zero-order valence-corrected chi connectivity index (χ0v) is 15.2. The van der Waals surface area contributed by atoms with Crippen LogP contribution in [0.2, 0.25) is 0 Å². The number of fused-ring (bicyclic) bond motifs is 1. The second kappa shape index (κ2) is 9.29. The van der Waals surface area contributed by atoms with E-state index in [-0.39, 0.29) is 12.1 Å². The number of hydrogen-bond acceptors (Lipinski definition) is 7. The molecule has 0 spiro atoms. The highest BCUT2D eigenvalue weighted by molar-refractivity contribution is 5.98. The Kier molecular flexibility index (Phi) is 6.81. The van der Waals surface area contributed by atoms with E-state index in [4.69, 9.17) is 26.0 Å². The van der Waals surface area contributed by atoms with Crippen LogP contribution in [0, 0.1) is 0 Å². The molecule has 2 aliphatic heterocycles. The fourth-order valence-electron chi connectivity index (χ4n) is 2.97. The van der Waals surface area contributed by atoms with E-state index in [1.165, 1.54) is 0 Å². The lowest BCUT2D eigenvalue weighted by Gasteiger charge is -2.31. The summed E-state index contributed by atoms with van der Waals surface area (Å²) in [5, 5.41) is 3.19. The van der Waals surface area contributed by atoms with Gasteiger partial charge in [-0.1, -0.05) is 13.3 Å². The molecular formula is C18H29N5O3. The van der Waals surface area contributed by atoms with E-state index in [1.807, 2.05) is 12.1 Å². The Balaban J connectivity index is 1.60. The molecule has 2 unspecified atom stereocenters. The van der Waals surface area contributed by atoms with Crippen LogP contribution in [0.3, 0.4) is 0 Å². The van der Waals surface area contributed by atoms with Crippen LogP contribution in [0.5, 0.6) is 5.75 Å². The first-order valence-corrected chi connectivity index (χ1v) is 9.28. The van der Waals surface area contributed by atoms with Crippen molar-refractivity contribution < 1.29 is 14.4 Å². The molecule has 2 aliphatic rings. The molecule has 3 rings (SSSR count). The Bertz CT molecular complexity index is 621. The van der Waals surface area contributed by atoms with Crippen LogP contribution < -0.4 is 27.2 Å². The maximum atomic E-state index is 6.13. The highest BCUT2D eigenvalue weighted by Crippen LogP contribution is 2.29. The molecule has 0 amide bonds. The van der Waals surface area contributed by atoms with E-state index in [1.54, 1.807) is 0 Å². The van der Waals surface area contributed by atoms with Crippen molar-refractivity contribution in [2.24, 2.45) is 16.6 Å². The largest absolute Gasteiger partial charge is 0.486 e. The zero-order chi connectivity index (χ0) is 18.4. The van der Waals surface area contributed by atoms with Gasteiger partial charge in [0.25, 0.3) is 0 Å². The Hall–Kier alpha value is -1.71. The molecule has 26 heavy (non-hydrogen) atoms. The molecule has 0 saturated carbocycles. The Morgan fingerprint density at radius 1 is 1.46 bits per heavy atom. The zero-order valence-electron chi connectivity index (χ0n) is 15.2. The molecule has 1 aromatic rings. The quantitative estimate of drug-likeness (QED) is 0.167. The van der Waals surface area contributed by atoms with E-state index in [9.17, 15) is 0 Å². The molecule has 1 saturated heterocycles. The number of nitrogens with two attached hydrogens (primary N) is 2. The predicted molar refractivity (Wildman–Crippen MR) is 99.6 cm³/mol. The molecule has 1 aromatic carbocycles. The molecule has 6 N–H and O–H groups in total. The molecule has 8 heteroatoms. The summed E-state index contributed by atoms with van der Waals surface area (Å²) < 4.78 is 6.05. The lowest BCUT2D eigenvalue weighted by atomic mass is 9.99. The summed E-state index contributed by atoms with van der Waals surface area (Å²) in [5.41, 5.74) is 11.0. The SMILES string of the molecule is CCCCONC(ON)C1CCc2cc(C(N)=NC3CNC3)ccc2O1. The lowest BCUT2D eigenvalue weighted by Crippen LogP contribution is -2.48. The Morgan fingerprint density at radius 2 is 2.31 bits per heavy atom. The van der Waals surface area contributed by atoms with Gasteiger partial charge in [-0.2, -0.15) is 5.48 Å². The third kappa shape index (κ3) is 4.72. The summed E-state index contributed by atoms with van der Waals surface area (Å²) in [6.45, 7) is 4.50. The van der Waals surface area contributed by atoms with Crippen molar-refractivity contribution in [1.29, 1.82) is 0 Å². The fourth-order valence-corrected chi connectivity index (χ4v) is 2.97. The average Bonchev–Trinajstić information content (AvgIpc) is 2.64. The molecule has 1 fully saturated rings. The van der Waals surface area contributed by atoms with Crippen molar-refractivity contribution >= 4 is 5.84 Å². The summed E-state index contributed by atoms with van der Waals surface area (Å²) in [4.78, 5) is 14.9. The fraction of sp³-hybridized carbons (Fsp3) is 0.611. The van der Waals surface area contributed by atoms with Gasteiger partial charge in [0.15, 0.2) is 6.23 Å². The van der Waals surface area contributed by atoms with E-state index in [0.717, 1.165) is 55.6 Å². The minimum atomic E-state index is -0.516. The number of nitrogens with one attached hydrogen (secondary N) is 2. The first-order valence-electron chi connectivity index (χ1n) is 9.28. The maximum Gasteiger partial charge on any atom is 0.187 e. The maximum absolute atomic E-state index is 6.13. The summed E-state index contributed by atoms with van der Waals surface area (Å²) >= 11 is 0. The van der Waals surface area contributed by atoms with Gasteiger partial charge in [0, 0.05) is 18.7 Å². The van der Waals surface area contributed by atoms with E-state index >= 15 is 0 Å². The van der Waals surface area contributed by atoms with Crippen LogP contribution in [0.15, 0.2) is 23.2 Å². The molecule has 2 atom stereocenters. The number of hydroxylamine groups is 1. The smallest absolute Gasteiger partial charge is 0.187 e. The molecule has 144 valence electrons. The van der Waals surface area contributed by atoms with Gasteiger partial charge >= 0.3 is 0 Å². The van der Waals surface area contributed by atoms with Crippen LogP contribution in [-0.2, 0) is 16.1 Å². The first kappa shape index (κ1) is 19.1. The summed E-state index contributed by atoms with van der Waals surface area (Å²) in [5.74, 6) is 6.81. The van der Waals surface area contributed by atoms with E-state index < -0.39 is 6.23 Å². The van der Waals surface area contributed by atoms with Crippen LogP contribution in [0.25, 0.3) is 0 Å². The minimum absolute atomic E-state index is 0.216. The number of rotatable bonds is 9. The van der Waals surface area contributed by atoms with Crippen molar-refractivity contribution in [3.8, 4) is 5.75 Å². The number of aliphatic imine (C=N–C) groups is 1. The van der Waals surface area contributed by atoms with Gasteiger partial charge in [-0.05, 0) is 43.0 Å². The molecule has 0 aromatic heterocycles. The van der Waals surface area contributed by atoms with E-state index in [2.05, 4.69) is 28.8 Å². The number of ether oxygens (including phenoxy) is 1. The van der Waals surface area contributed by atoms with Crippen molar-refractivity contribution in [2.75, 3.05) is 19.7 Å².